The molecule has 7 nitrogen and oxygen atoms in total. The van der Waals surface area contributed by atoms with Crippen LogP contribution in [0.1, 0.15) is 48.9 Å². The standard InChI is InChI=1S/C28H29Cl2N3O4/c1-2-5-21-15-25(37-31-21)26(34)32-13-4-12-28(18-32)16-24(36-23-7-3-6-20(30)14-23)17-33(27(28)35)22-10-8-19(29)9-11-22/h3,6-11,14-15,24H,2,4-5,12-13,16-18H2,1H3/t24-,28-/m1/s1. The van der Waals surface area contributed by atoms with Crippen molar-refractivity contribution in [3.63, 3.8) is 0 Å². The second-order valence-electron chi connectivity index (χ2n) is 9.84. The predicted octanol–water partition coefficient (Wildman–Crippen LogP) is 6.04. The van der Waals surface area contributed by atoms with E-state index in [1.807, 2.05) is 31.2 Å². The van der Waals surface area contributed by atoms with E-state index in [0.717, 1.165) is 24.2 Å². The first-order valence-corrected chi connectivity index (χ1v) is 13.4. The third-order valence-electron chi connectivity index (χ3n) is 7.08. The molecule has 1 aromatic heterocycles. The highest BCUT2D eigenvalue weighted by atomic mass is 35.5. The van der Waals surface area contributed by atoms with Gasteiger partial charge < -0.3 is 19.1 Å². The summed E-state index contributed by atoms with van der Waals surface area (Å²) in [5.41, 5.74) is 0.715. The van der Waals surface area contributed by atoms with Gasteiger partial charge in [0, 0.05) is 41.3 Å². The maximum Gasteiger partial charge on any atom is 0.292 e. The van der Waals surface area contributed by atoms with Crippen LogP contribution in [0.3, 0.4) is 0 Å². The van der Waals surface area contributed by atoms with E-state index in [0.29, 0.717) is 48.1 Å². The second kappa shape index (κ2) is 10.8. The van der Waals surface area contributed by atoms with E-state index in [2.05, 4.69) is 5.16 Å². The summed E-state index contributed by atoms with van der Waals surface area (Å²) in [6.07, 6.45) is 3.22. The van der Waals surface area contributed by atoms with E-state index >= 15 is 0 Å². The first-order chi connectivity index (χ1) is 17.9. The number of carbonyl (C=O) groups is 2. The van der Waals surface area contributed by atoms with Gasteiger partial charge in [-0.15, -0.1) is 0 Å². The lowest BCUT2D eigenvalue weighted by molar-refractivity contribution is -0.136. The molecule has 2 amide bonds. The Labute approximate surface area is 226 Å². The van der Waals surface area contributed by atoms with Crippen LogP contribution in [0.15, 0.2) is 59.1 Å². The molecule has 0 radical (unpaired) electrons. The van der Waals surface area contributed by atoms with Gasteiger partial charge in [-0.25, -0.2) is 0 Å². The van der Waals surface area contributed by atoms with Crippen molar-refractivity contribution >= 4 is 40.7 Å². The van der Waals surface area contributed by atoms with Crippen molar-refractivity contribution in [3.8, 4) is 5.75 Å². The fourth-order valence-electron chi connectivity index (χ4n) is 5.40. The number of hydrogen-bond donors (Lipinski definition) is 0. The summed E-state index contributed by atoms with van der Waals surface area (Å²) in [4.78, 5) is 30.9. The number of anilines is 1. The zero-order valence-corrected chi connectivity index (χ0v) is 22.2. The molecule has 1 spiro atoms. The molecule has 0 unspecified atom stereocenters. The number of likely N-dealkylation sites (tertiary alicyclic amines) is 1. The number of ether oxygens (including phenoxy) is 1. The minimum absolute atomic E-state index is 0.0116. The van der Waals surface area contributed by atoms with Crippen molar-refractivity contribution in [1.29, 1.82) is 0 Å². The van der Waals surface area contributed by atoms with Gasteiger partial charge in [0.1, 0.15) is 11.9 Å². The normalized spacial score (nSPS) is 21.9. The van der Waals surface area contributed by atoms with Crippen molar-refractivity contribution in [2.75, 3.05) is 24.5 Å². The van der Waals surface area contributed by atoms with Crippen LogP contribution in [-0.2, 0) is 11.2 Å². The Kier molecular flexibility index (Phi) is 7.45. The SMILES string of the molecule is CCCc1cc(C(=O)N2CCC[C@@]3(C[C@@H](Oc4cccc(Cl)c4)CN(c4ccc(Cl)cc4)C3=O)C2)on1. The van der Waals surface area contributed by atoms with Crippen molar-refractivity contribution < 1.29 is 18.8 Å². The molecule has 0 aliphatic carbocycles. The number of hydrogen-bond acceptors (Lipinski definition) is 5. The van der Waals surface area contributed by atoms with Gasteiger partial charge >= 0.3 is 0 Å². The number of aromatic nitrogens is 1. The Morgan fingerprint density at radius 2 is 1.97 bits per heavy atom. The van der Waals surface area contributed by atoms with Crippen molar-refractivity contribution in [2.45, 2.75) is 45.1 Å². The van der Waals surface area contributed by atoms with Crippen molar-refractivity contribution in [1.82, 2.24) is 10.1 Å². The lowest BCUT2D eigenvalue weighted by Gasteiger charge is -2.49. The van der Waals surface area contributed by atoms with E-state index < -0.39 is 5.41 Å². The zero-order chi connectivity index (χ0) is 26.0. The molecule has 0 N–H and O–H groups in total. The van der Waals surface area contributed by atoms with Gasteiger partial charge in [0.25, 0.3) is 5.91 Å². The summed E-state index contributed by atoms with van der Waals surface area (Å²) in [5.74, 6) is 0.608. The molecule has 37 heavy (non-hydrogen) atoms. The van der Waals surface area contributed by atoms with Gasteiger partial charge in [0.05, 0.1) is 17.7 Å². The smallest absolute Gasteiger partial charge is 0.292 e. The number of carbonyl (C=O) groups excluding carboxylic acids is 2. The number of piperidine rings is 2. The van der Waals surface area contributed by atoms with Crippen molar-refractivity contribution in [3.05, 3.63) is 76.1 Å². The summed E-state index contributed by atoms with van der Waals surface area (Å²) < 4.78 is 11.7. The van der Waals surface area contributed by atoms with Crippen LogP contribution in [-0.4, -0.2) is 47.6 Å². The highest BCUT2D eigenvalue weighted by molar-refractivity contribution is 6.31. The van der Waals surface area contributed by atoms with E-state index in [4.69, 9.17) is 32.5 Å². The van der Waals surface area contributed by atoms with Crippen LogP contribution in [0.4, 0.5) is 5.69 Å². The van der Waals surface area contributed by atoms with Gasteiger partial charge in [-0.3, -0.25) is 9.59 Å². The Morgan fingerprint density at radius 1 is 1.16 bits per heavy atom. The number of amides is 2. The third kappa shape index (κ3) is 5.48. The quantitative estimate of drug-likeness (QED) is 0.380. The van der Waals surface area contributed by atoms with E-state index in [9.17, 15) is 9.59 Å². The number of rotatable bonds is 6. The Hall–Kier alpha value is -3.03. The molecule has 3 aromatic rings. The molecule has 9 heteroatoms. The minimum atomic E-state index is -0.790. The predicted molar refractivity (Wildman–Crippen MR) is 142 cm³/mol. The summed E-state index contributed by atoms with van der Waals surface area (Å²) in [6.45, 7) is 3.27. The molecule has 3 heterocycles. The molecule has 2 aliphatic heterocycles. The lowest BCUT2D eigenvalue weighted by atomic mass is 9.71. The van der Waals surface area contributed by atoms with Crippen LogP contribution in [0.2, 0.25) is 10.0 Å². The first kappa shape index (κ1) is 25.6. The van der Waals surface area contributed by atoms with Gasteiger partial charge in [0.2, 0.25) is 11.7 Å². The Bertz CT molecular complexity index is 1280. The Balaban J connectivity index is 1.44. The van der Waals surface area contributed by atoms with Gasteiger partial charge in [-0.2, -0.15) is 0 Å². The summed E-state index contributed by atoms with van der Waals surface area (Å²) >= 11 is 12.3. The van der Waals surface area contributed by atoms with E-state index in [1.54, 1.807) is 40.1 Å². The number of benzene rings is 2. The summed E-state index contributed by atoms with van der Waals surface area (Å²) in [6, 6.07) is 16.2. The highest BCUT2D eigenvalue weighted by Gasteiger charge is 2.51. The fourth-order valence-corrected chi connectivity index (χ4v) is 5.71. The van der Waals surface area contributed by atoms with Gasteiger partial charge in [-0.1, -0.05) is 47.8 Å². The first-order valence-electron chi connectivity index (χ1n) is 12.6. The van der Waals surface area contributed by atoms with Gasteiger partial charge in [0.15, 0.2) is 0 Å². The average Bonchev–Trinajstić information content (AvgIpc) is 3.35. The van der Waals surface area contributed by atoms with Crippen LogP contribution < -0.4 is 9.64 Å². The molecule has 2 saturated heterocycles. The van der Waals surface area contributed by atoms with E-state index in [-0.39, 0.29) is 30.2 Å². The fraction of sp³-hybridized carbons (Fsp3) is 0.393. The molecule has 2 atom stereocenters. The zero-order valence-electron chi connectivity index (χ0n) is 20.7. The maximum atomic E-state index is 14.1. The molecular formula is C28H29Cl2N3O4. The third-order valence-corrected chi connectivity index (χ3v) is 7.57. The van der Waals surface area contributed by atoms with Crippen LogP contribution in [0.25, 0.3) is 0 Å². The second-order valence-corrected chi connectivity index (χ2v) is 10.7. The number of nitrogens with zero attached hydrogens (tertiary/aromatic N) is 3. The number of aryl methyl sites for hydroxylation is 1. The molecule has 2 fully saturated rings. The Morgan fingerprint density at radius 3 is 2.73 bits per heavy atom. The molecule has 194 valence electrons. The molecular weight excluding hydrogens is 513 g/mol. The van der Waals surface area contributed by atoms with Crippen LogP contribution in [0, 0.1) is 5.41 Å². The minimum Gasteiger partial charge on any atom is -0.488 e. The highest BCUT2D eigenvalue weighted by Crippen LogP contribution is 2.42. The number of halogens is 2. The molecule has 2 aliphatic rings. The molecule has 0 saturated carbocycles. The molecule has 2 aromatic carbocycles. The van der Waals surface area contributed by atoms with Crippen molar-refractivity contribution in [2.24, 2.45) is 5.41 Å². The van der Waals surface area contributed by atoms with Crippen LogP contribution >= 0.6 is 23.2 Å². The van der Waals surface area contributed by atoms with Gasteiger partial charge in [-0.05, 0) is 61.7 Å². The average molecular weight is 542 g/mol. The monoisotopic (exact) mass is 541 g/mol. The van der Waals surface area contributed by atoms with E-state index in [1.165, 1.54) is 0 Å². The molecule has 5 rings (SSSR count). The summed E-state index contributed by atoms with van der Waals surface area (Å²) in [7, 11) is 0. The maximum absolute atomic E-state index is 14.1. The lowest BCUT2D eigenvalue weighted by Crippen LogP contribution is -2.61. The summed E-state index contributed by atoms with van der Waals surface area (Å²) in [5, 5.41) is 5.20. The largest absolute Gasteiger partial charge is 0.488 e. The molecule has 0 bridgehead atoms. The van der Waals surface area contributed by atoms with Crippen LogP contribution in [0.5, 0.6) is 5.75 Å². The topological polar surface area (TPSA) is 75.9 Å².